The van der Waals surface area contributed by atoms with Crippen LogP contribution in [0.1, 0.15) is 44.9 Å². The zero-order valence-electron chi connectivity index (χ0n) is 16.9. The molecule has 2 N–H and O–H groups in total. The molecule has 1 saturated heterocycles. The third-order valence-electron chi connectivity index (χ3n) is 7.33. The van der Waals surface area contributed by atoms with Gasteiger partial charge in [0, 0.05) is 23.0 Å². The first-order chi connectivity index (χ1) is 12.4. The zero-order valence-corrected chi connectivity index (χ0v) is 17.9. The van der Waals surface area contributed by atoms with Crippen LogP contribution in [0.4, 0.5) is 0 Å². The summed E-state index contributed by atoms with van der Waals surface area (Å²) in [5.41, 5.74) is 1.62. The third-order valence-corrected chi connectivity index (χ3v) is 12.5. The molecule has 0 bridgehead atoms. The largest absolute Gasteiger partial charge is 0.392 e. The van der Waals surface area contributed by atoms with Crippen LogP contribution in [0.5, 0.6) is 0 Å². The van der Waals surface area contributed by atoms with Crippen molar-refractivity contribution >= 4 is 31.0 Å². The van der Waals surface area contributed by atoms with Gasteiger partial charge < -0.3 is 14.7 Å². The van der Waals surface area contributed by atoms with Gasteiger partial charge in [-0.15, -0.1) is 0 Å². The molecule has 3 atom stereocenters. The average Bonchev–Trinajstić information content (AvgIpc) is 3.01. The summed E-state index contributed by atoms with van der Waals surface area (Å²) in [6.07, 6.45) is -0.518. The van der Waals surface area contributed by atoms with Gasteiger partial charge in [-0.05, 0) is 23.6 Å². The molecular formula is C21H28N2O3Si. The molecule has 2 heterocycles. The Kier molecular flexibility index (Phi) is 3.64. The molecule has 1 aliphatic carbocycles. The molecule has 4 rings (SSSR count). The van der Waals surface area contributed by atoms with Crippen LogP contribution in [0, 0.1) is 5.41 Å². The number of carbonyl (C=O) groups is 2. The van der Waals surface area contributed by atoms with Crippen LogP contribution in [0.15, 0.2) is 24.3 Å². The van der Waals surface area contributed by atoms with Crippen LogP contribution < -0.4 is 0 Å². The highest BCUT2D eigenvalue weighted by Crippen LogP contribution is 2.56. The topological polar surface area (TPSA) is 73.4 Å². The molecular weight excluding hydrogens is 356 g/mol. The average molecular weight is 385 g/mol. The molecule has 1 aromatic carbocycles. The first-order valence-corrected chi connectivity index (χ1v) is 12.5. The molecule has 0 saturated carbocycles. The molecule has 2 aromatic rings. The van der Waals surface area contributed by atoms with E-state index in [1.165, 1.54) is 0 Å². The van der Waals surface area contributed by atoms with E-state index in [4.69, 9.17) is 0 Å². The lowest BCUT2D eigenvalue weighted by Crippen LogP contribution is -2.59. The van der Waals surface area contributed by atoms with Gasteiger partial charge in [0.2, 0.25) is 11.8 Å². The van der Waals surface area contributed by atoms with E-state index < -0.39 is 25.7 Å². The van der Waals surface area contributed by atoms with Gasteiger partial charge in [-0.1, -0.05) is 52.1 Å². The van der Waals surface area contributed by atoms with Crippen LogP contribution in [-0.2, 0) is 16.0 Å². The van der Waals surface area contributed by atoms with Crippen molar-refractivity contribution in [3.8, 4) is 0 Å². The van der Waals surface area contributed by atoms with Gasteiger partial charge in [-0.2, -0.15) is 0 Å². The number of aromatic amines is 1. The van der Waals surface area contributed by atoms with Crippen molar-refractivity contribution in [2.45, 2.75) is 64.3 Å². The molecule has 2 amide bonds. The molecule has 1 aliphatic heterocycles. The number of carbonyl (C=O) groups excluding carboxylic acids is 2. The molecule has 5 nitrogen and oxygen atoms in total. The summed E-state index contributed by atoms with van der Waals surface area (Å²) in [4.78, 5) is 30.7. The predicted molar refractivity (Wildman–Crippen MR) is 108 cm³/mol. The maximum atomic E-state index is 13.7. The number of amides is 2. The van der Waals surface area contributed by atoms with Crippen molar-refractivity contribution in [1.29, 1.82) is 0 Å². The summed E-state index contributed by atoms with van der Waals surface area (Å²) >= 11 is 0. The minimum Gasteiger partial charge on any atom is -0.392 e. The highest BCUT2D eigenvalue weighted by Gasteiger charge is 2.66. The van der Waals surface area contributed by atoms with Gasteiger partial charge in [0.25, 0.3) is 0 Å². The molecule has 6 heteroatoms. The van der Waals surface area contributed by atoms with Crippen LogP contribution in [0.2, 0.25) is 18.1 Å². The fourth-order valence-electron chi connectivity index (χ4n) is 4.59. The van der Waals surface area contributed by atoms with E-state index in [-0.39, 0.29) is 16.9 Å². The lowest BCUT2D eigenvalue weighted by atomic mass is 9.65. The Hall–Kier alpha value is -1.92. The molecule has 0 spiro atoms. The second kappa shape index (κ2) is 5.32. The van der Waals surface area contributed by atoms with Crippen molar-refractivity contribution < 1.29 is 14.7 Å². The Morgan fingerprint density at radius 3 is 2.48 bits per heavy atom. The Morgan fingerprint density at radius 1 is 1.22 bits per heavy atom. The smallest absolute Gasteiger partial charge is 0.230 e. The monoisotopic (exact) mass is 384 g/mol. The van der Waals surface area contributed by atoms with Gasteiger partial charge in [0.1, 0.15) is 0 Å². The van der Waals surface area contributed by atoms with E-state index in [9.17, 15) is 14.7 Å². The van der Waals surface area contributed by atoms with Crippen molar-refractivity contribution in [2.75, 3.05) is 0 Å². The molecule has 1 aromatic heterocycles. The number of hydrogen-bond donors (Lipinski definition) is 2. The minimum atomic E-state index is -2.42. The van der Waals surface area contributed by atoms with Gasteiger partial charge in [0.15, 0.2) is 8.24 Å². The Morgan fingerprint density at radius 2 is 1.85 bits per heavy atom. The Bertz CT molecular complexity index is 971. The summed E-state index contributed by atoms with van der Waals surface area (Å²) in [7, 11) is -2.42. The van der Waals surface area contributed by atoms with E-state index >= 15 is 0 Å². The first kappa shape index (κ1) is 18.4. The molecule has 1 fully saturated rings. The maximum Gasteiger partial charge on any atom is 0.230 e. The number of imide groups is 1. The number of benzene rings is 1. The zero-order chi connectivity index (χ0) is 19.9. The molecule has 0 radical (unpaired) electrons. The highest BCUT2D eigenvalue weighted by molar-refractivity contribution is 6.82. The van der Waals surface area contributed by atoms with Crippen molar-refractivity contribution in [3.05, 3.63) is 35.5 Å². The van der Waals surface area contributed by atoms with Crippen LogP contribution in [-0.4, -0.2) is 40.8 Å². The number of H-pyrrole nitrogens is 1. The number of rotatable bonds is 1. The number of para-hydroxylation sites is 1. The van der Waals surface area contributed by atoms with E-state index in [2.05, 4.69) is 38.8 Å². The predicted octanol–water partition coefficient (Wildman–Crippen LogP) is 3.55. The number of nitrogens with zero attached hydrogens (tertiary/aromatic N) is 1. The van der Waals surface area contributed by atoms with E-state index in [1.807, 2.05) is 24.3 Å². The number of aromatic nitrogens is 1. The fraction of sp³-hybridized carbons (Fsp3) is 0.524. The Labute approximate surface area is 160 Å². The minimum absolute atomic E-state index is 0.140. The highest BCUT2D eigenvalue weighted by atomic mass is 28.3. The second-order valence-corrected chi connectivity index (χ2v) is 14.9. The summed E-state index contributed by atoms with van der Waals surface area (Å²) < 4.78 is 1.57. The van der Waals surface area contributed by atoms with E-state index in [1.54, 1.807) is 11.5 Å². The molecule has 3 unspecified atom stereocenters. The lowest BCUT2D eigenvalue weighted by Gasteiger charge is -2.43. The number of hydrogen-bond acceptors (Lipinski definition) is 3. The van der Waals surface area contributed by atoms with Crippen LogP contribution in [0.3, 0.4) is 0 Å². The number of nitrogens with one attached hydrogen (secondary N) is 1. The third kappa shape index (κ3) is 2.14. The van der Waals surface area contributed by atoms with E-state index in [0.29, 0.717) is 6.42 Å². The summed E-state index contributed by atoms with van der Waals surface area (Å²) in [6.45, 7) is 12.2. The summed E-state index contributed by atoms with van der Waals surface area (Å²) in [5, 5.41) is 11.8. The van der Waals surface area contributed by atoms with Crippen molar-refractivity contribution in [1.82, 2.24) is 9.55 Å². The fourth-order valence-corrected chi connectivity index (χ4v) is 6.69. The standard InChI is InChI=1S/C21H28N2O3Si/c1-20(2,3)27(5,6)23-18(25)17-16-12-9-7-8-10-13(12)22-14(16)11-15(24)21(17,4)19(23)26/h7-10,15,17,22,24H,11H2,1-6H3. The normalized spacial score (nSPS) is 28.6. The quantitative estimate of drug-likeness (QED) is 0.583. The second-order valence-electron chi connectivity index (χ2n) is 9.79. The van der Waals surface area contributed by atoms with Crippen LogP contribution >= 0.6 is 0 Å². The van der Waals surface area contributed by atoms with Gasteiger partial charge >= 0.3 is 0 Å². The van der Waals surface area contributed by atoms with Gasteiger partial charge in [0.05, 0.1) is 17.4 Å². The Balaban J connectivity index is 1.97. The van der Waals surface area contributed by atoms with Crippen molar-refractivity contribution in [3.63, 3.8) is 0 Å². The van der Waals surface area contributed by atoms with Gasteiger partial charge in [-0.25, -0.2) is 0 Å². The molecule has 2 aliphatic rings. The SMILES string of the molecule is CC12C(=O)N([Si](C)(C)C(C)(C)C)C(=O)C1c1c([nH]c3ccccc13)CC2O. The van der Waals surface area contributed by atoms with E-state index in [0.717, 1.165) is 22.2 Å². The van der Waals surface area contributed by atoms with Crippen molar-refractivity contribution in [2.24, 2.45) is 5.41 Å². The number of fused-ring (bicyclic) bond motifs is 5. The number of aliphatic hydroxyl groups excluding tert-OH is 1. The molecule has 27 heavy (non-hydrogen) atoms. The molecule has 144 valence electrons. The first-order valence-electron chi connectivity index (χ1n) is 9.58. The summed E-state index contributed by atoms with van der Waals surface area (Å²) in [6, 6.07) is 7.87. The maximum absolute atomic E-state index is 13.7. The number of aliphatic hydroxyl groups is 1. The van der Waals surface area contributed by atoms with Gasteiger partial charge in [-0.3, -0.25) is 9.59 Å². The summed E-state index contributed by atoms with van der Waals surface area (Å²) in [5.74, 6) is -0.972. The lowest BCUT2D eigenvalue weighted by molar-refractivity contribution is -0.139. The van der Waals surface area contributed by atoms with Crippen LogP contribution in [0.25, 0.3) is 10.9 Å².